The maximum Gasteiger partial charge on any atom is 0.200 e. The van der Waals surface area contributed by atoms with E-state index in [4.69, 9.17) is 4.42 Å². The molecule has 0 aliphatic heterocycles. The molecule has 3 aromatic rings. The summed E-state index contributed by atoms with van der Waals surface area (Å²) in [5, 5.41) is 13.6. The molecule has 1 atom stereocenters. The third-order valence-corrected chi connectivity index (χ3v) is 3.41. The Balaban J connectivity index is 0.00000176. The third-order valence-electron chi connectivity index (χ3n) is 3.41. The number of para-hydroxylation sites is 1. The van der Waals surface area contributed by atoms with Crippen molar-refractivity contribution in [3.05, 3.63) is 58.3 Å². The molecule has 0 saturated heterocycles. The van der Waals surface area contributed by atoms with Gasteiger partial charge in [0.2, 0.25) is 5.43 Å². The number of benzene rings is 2. The number of hydrogen-bond donors (Lipinski definition) is 2. The van der Waals surface area contributed by atoms with E-state index in [9.17, 15) is 9.90 Å². The molecule has 5 heteroatoms. The van der Waals surface area contributed by atoms with Crippen molar-refractivity contribution in [2.24, 2.45) is 0 Å². The molecular formula is C17H18ClNO3. The quantitative estimate of drug-likeness (QED) is 0.726. The van der Waals surface area contributed by atoms with Gasteiger partial charge in [-0.1, -0.05) is 18.2 Å². The maximum atomic E-state index is 12.5. The molecule has 2 N–H and O–H groups in total. The first-order chi connectivity index (χ1) is 10.1. The Bertz CT molecular complexity index is 842. The summed E-state index contributed by atoms with van der Waals surface area (Å²) in [7, 11) is 0. The lowest BCUT2D eigenvalue weighted by Gasteiger charge is -2.08. The third kappa shape index (κ3) is 3.30. The molecule has 0 bridgehead atoms. The predicted octanol–water partition coefficient (Wildman–Crippen LogP) is 2.84. The molecule has 0 radical (unpaired) electrons. The van der Waals surface area contributed by atoms with Crippen molar-refractivity contribution in [1.82, 2.24) is 5.32 Å². The lowest BCUT2D eigenvalue weighted by atomic mass is 10.1. The molecule has 116 valence electrons. The van der Waals surface area contributed by atoms with Crippen molar-refractivity contribution >= 4 is 34.3 Å². The molecular weight excluding hydrogens is 302 g/mol. The van der Waals surface area contributed by atoms with Crippen LogP contribution in [0.1, 0.15) is 12.5 Å². The summed E-state index contributed by atoms with van der Waals surface area (Å²) in [5.41, 5.74) is 2.18. The average molecular weight is 320 g/mol. The molecule has 22 heavy (non-hydrogen) atoms. The van der Waals surface area contributed by atoms with Crippen molar-refractivity contribution < 1.29 is 9.52 Å². The van der Waals surface area contributed by atoms with Gasteiger partial charge in [-0.05, 0) is 36.8 Å². The first kappa shape index (κ1) is 16.5. The highest BCUT2D eigenvalue weighted by molar-refractivity contribution is 5.89. The van der Waals surface area contributed by atoms with Gasteiger partial charge in [0.25, 0.3) is 0 Å². The fraction of sp³-hybridized carbons (Fsp3) is 0.235. The number of nitrogens with one attached hydrogen (secondary N) is 1. The number of rotatable bonds is 4. The van der Waals surface area contributed by atoms with Crippen LogP contribution in [0.2, 0.25) is 0 Å². The highest BCUT2D eigenvalue weighted by Crippen LogP contribution is 2.19. The molecule has 0 amide bonds. The fourth-order valence-corrected chi connectivity index (χ4v) is 2.39. The first-order valence-electron chi connectivity index (χ1n) is 6.98. The summed E-state index contributed by atoms with van der Waals surface area (Å²) < 4.78 is 5.76. The van der Waals surface area contributed by atoms with E-state index >= 15 is 0 Å². The second-order valence-electron chi connectivity index (χ2n) is 5.24. The van der Waals surface area contributed by atoms with Gasteiger partial charge in [-0.25, -0.2) is 0 Å². The van der Waals surface area contributed by atoms with Crippen LogP contribution in [0.3, 0.4) is 0 Å². The average Bonchev–Trinajstić information content (AvgIpc) is 2.48. The van der Waals surface area contributed by atoms with Gasteiger partial charge in [0, 0.05) is 13.1 Å². The molecule has 2 aromatic carbocycles. The number of hydrogen-bond acceptors (Lipinski definition) is 4. The van der Waals surface area contributed by atoms with Crippen molar-refractivity contribution in [2.75, 3.05) is 6.54 Å². The summed E-state index contributed by atoms with van der Waals surface area (Å²) >= 11 is 0. The van der Waals surface area contributed by atoms with Crippen LogP contribution >= 0.6 is 12.4 Å². The Hall–Kier alpha value is -1.88. The van der Waals surface area contributed by atoms with Crippen molar-refractivity contribution in [3.8, 4) is 0 Å². The molecule has 0 aliphatic rings. The Morgan fingerprint density at radius 1 is 1.14 bits per heavy atom. The molecule has 0 spiro atoms. The van der Waals surface area contributed by atoms with Gasteiger partial charge < -0.3 is 14.8 Å². The molecule has 0 aliphatic carbocycles. The van der Waals surface area contributed by atoms with Crippen LogP contribution in [-0.4, -0.2) is 17.8 Å². The van der Waals surface area contributed by atoms with Crippen LogP contribution in [0.5, 0.6) is 0 Å². The van der Waals surface area contributed by atoms with Gasteiger partial charge in [-0.2, -0.15) is 0 Å². The minimum Gasteiger partial charge on any atom is -0.456 e. The van der Waals surface area contributed by atoms with Crippen LogP contribution in [0.15, 0.2) is 51.7 Å². The minimum atomic E-state index is -0.389. The number of aliphatic hydroxyl groups excluding tert-OH is 1. The minimum absolute atomic E-state index is 0. The van der Waals surface area contributed by atoms with Crippen LogP contribution in [0, 0.1) is 0 Å². The Morgan fingerprint density at radius 3 is 2.64 bits per heavy atom. The predicted molar refractivity (Wildman–Crippen MR) is 90.6 cm³/mol. The number of fused-ring (bicyclic) bond motifs is 2. The molecule has 3 rings (SSSR count). The van der Waals surface area contributed by atoms with Crippen molar-refractivity contribution in [2.45, 2.75) is 19.6 Å². The monoisotopic (exact) mass is 319 g/mol. The second kappa shape index (κ2) is 6.92. The zero-order chi connectivity index (χ0) is 14.8. The molecule has 1 aromatic heterocycles. The van der Waals surface area contributed by atoms with Gasteiger partial charge in [-0.15, -0.1) is 12.4 Å². The van der Waals surface area contributed by atoms with Crippen molar-refractivity contribution in [3.63, 3.8) is 0 Å². The summed E-state index contributed by atoms with van der Waals surface area (Å²) in [6.45, 7) is 2.85. The molecule has 1 unspecified atom stereocenters. The smallest absolute Gasteiger partial charge is 0.200 e. The largest absolute Gasteiger partial charge is 0.456 e. The first-order valence-corrected chi connectivity index (χ1v) is 6.98. The van der Waals surface area contributed by atoms with E-state index in [0.717, 1.165) is 5.56 Å². The topological polar surface area (TPSA) is 62.5 Å². The van der Waals surface area contributed by atoms with E-state index in [0.29, 0.717) is 35.0 Å². The normalized spacial score (nSPS) is 12.3. The van der Waals surface area contributed by atoms with E-state index in [1.807, 2.05) is 30.3 Å². The summed E-state index contributed by atoms with van der Waals surface area (Å²) in [4.78, 5) is 12.5. The standard InChI is InChI=1S/C17H17NO3.ClH/c1-11(19)9-18-10-12-6-7-16-14(8-12)17(20)13-4-2-3-5-15(13)21-16;/h2-8,11,18-19H,9-10H2,1H3;1H. The summed E-state index contributed by atoms with van der Waals surface area (Å²) in [5.74, 6) is 0. The Labute approximate surface area is 134 Å². The van der Waals surface area contributed by atoms with Crippen LogP contribution in [0.4, 0.5) is 0 Å². The van der Waals surface area contributed by atoms with Crippen molar-refractivity contribution in [1.29, 1.82) is 0 Å². The van der Waals surface area contributed by atoms with Crippen LogP contribution < -0.4 is 10.7 Å². The van der Waals surface area contributed by atoms with Crippen LogP contribution in [-0.2, 0) is 6.54 Å². The number of aliphatic hydroxyl groups is 1. The van der Waals surface area contributed by atoms with E-state index in [2.05, 4.69) is 5.32 Å². The molecule has 4 nitrogen and oxygen atoms in total. The highest BCUT2D eigenvalue weighted by Gasteiger charge is 2.07. The summed E-state index contributed by atoms with van der Waals surface area (Å²) in [6.07, 6.45) is -0.389. The van der Waals surface area contributed by atoms with E-state index in [1.54, 1.807) is 19.1 Å². The molecule has 0 saturated carbocycles. The van der Waals surface area contributed by atoms with Gasteiger partial charge in [0.1, 0.15) is 11.2 Å². The zero-order valence-electron chi connectivity index (χ0n) is 12.2. The maximum absolute atomic E-state index is 12.5. The van der Waals surface area contributed by atoms with E-state index in [-0.39, 0.29) is 23.9 Å². The summed E-state index contributed by atoms with van der Waals surface area (Å²) in [6, 6.07) is 12.9. The Morgan fingerprint density at radius 2 is 1.86 bits per heavy atom. The van der Waals surface area contributed by atoms with Gasteiger partial charge in [0.05, 0.1) is 16.9 Å². The van der Waals surface area contributed by atoms with Gasteiger partial charge >= 0.3 is 0 Å². The van der Waals surface area contributed by atoms with Gasteiger partial charge in [-0.3, -0.25) is 4.79 Å². The van der Waals surface area contributed by atoms with Gasteiger partial charge in [0.15, 0.2) is 0 Å². The highest BCUT2D eigenvalue weighted by atomic mass is 35.5. The lowest BCUT2D eigenvalue weighted by Crippen LogP contribution is -2.23. The lowest BCUT2D eigenvalue weighted by molar-refractivity contribution is 0.191. The molecule has 0 fully saturated rings. The second-order valence-corrected chi connectivity index (χ2v) is 5.24. The SMILES string of the molecule is CC(O)CNCc1ccc2oc3ccccc3c(=O)c2c1.Cl. The molecule has 1 heterocycles. The fourth-order valence-electron chi connectivity index (χ4n) is 2.39. The zero-order valence-corrected chi connectivity index (χ0v) is 13.0. The van der Waals surface area contributed by atoms with E-state index < -0.39 is 0 Å². The van der Waals surface area contributed by atoms with E-state index in [1.165, 1.54) is 0 Å². The Kier molecular flexibility index (Phi) is 5.19. The number of halogens is 1. The van der Waals surface area contributed by atoms with Crippen LogP contribution in [0.25, 0.3) is 21.9 Å².